The first-order valence-corrected chi connectivity index (χ1v) is 11.4. The number of rotatable bonds is 4. The summed E-state index contributed by atoms with van der Waals surface area (Å²) in [4.78, 5) is 8.72. The molecular weight excluding hydrogens is 408 g/mol. The maximum Gasteiger partial charge on any atom is 0.146 e. The Labute approximate surface area is 186 Å². The number of hydrogen-bond acceptors (Lipinski definition) is 7. The van der Waals surface area contributed by atoms with Crippen molar-refractivity contribution in [3.05, 3.63) is 36.3 Å². The van der Waals surface area contributed by atoms with E-state index in [1.165, 1.54) is 11.9 Å². The van der Waals surface area contributed by atoms with Gasteiger partial charge in [-0.05, 0) is 55.7 Å². The lowest BCUT2D eigenvalue weighted by molar-refractivity contribution is -0.101. The van der Waals surface area contributed by atoms with Crippen molar-refractivity contribution in [2.24, 2.45) is 0 Å². The van der Waals surface area contributed by atoms with E-state index in [9.17, 15) is 10.2 Å². The summed E-state index contributed by atoms with van der Waals surface area (Å²) in [6.45, 7) is 0.587. The predicted molar refractivity (Wildman–Crippen MR) is 119 cm³/mol. The molecule has 1 aliphatic carbocycles. The number of anilines is 1. The van der Waals surface area contributed by atoms with Gasteiger partial charge in [-0.2, -0.15) is 0 Å². The van der Waals surface area contributed by atoms with Crippen LogP contribution in [-0.2, 0) is 11.2 Å². The molecule has 0 radical (unpaired) electrons. The number of aromatic nitrogens is 3. The highest BCUT2D eigenvalue weighted by molar-refractivity contribution is 6.00. The van der Waals surface area contributed by atoms with E-state index < -0.39 is 5.60 Å². The zero-order chi connectivity index (χ0) is 21.9. The molecule has 1 saturated carbocycles. The summed E-state index contributed by atoms with van der Waals surface area (Å²) < 4.78 is 14.3. The van der Waals surface area contributed by atoms with E-state index in [1.807, 2.05) is 6.20 Å². The Morgan fingerprint density at radius 3 is 2.84 bits per heavy atom. The van der Waals surface area contributed by atoms with Gasteiger partial charge in [-0.15, -0.1) is 0 Å². The molecule has 2 aliphatic heterocycles. The van der Waals surface area contributed by atoms with Gasteiger partial charge in [0.05, 0.1) is 23.7 Å². The molecule has 2 unspecified atom stereocenters. The highest BCUT2D eigenvalue weighted by Gasteiger charge is 2.44. The summed E-state index contributed by atoms with van der Waals surface area (Å²) in [6, 6.07) is 6.38. The zero-order valence-electron chi connectivity index (χ0n) is 17.9. The molecule has 0 spiro atoms. The summed E-state index contributed by atoms with van der Waals surface area (Å²) in [5.74, 6) is 1.33. The predicted octanol–water partition coefficient (Wildman–Crippen LogP) is 2.61. The maximum atomic E-state index is 10.3. The van der Waals surface area contributed by atoms with Crippen LogP contribution in [0, 0.1) is 0 Å². The second-order valence-electron chi connectivity index (χ2n) is 9.42. The minimum atomic E-state index is -1.02. The van der Waals surface area contributed by atoms with Crippen LogP contribution >= 0.6 is 0 Å². The first-order chi connectivity index (χ1) is 15.5. The fourth-order valence-electron chi connectivity index (χ4n) is 5.46. The zero-order valence-corrected chi connectivity index (χ0v) is 17.9. The van der Waals surface area contributed by atoms with Crippen LogP contribution in [0.4, 0.5) is 5.82 Å². The monoisotopic (exact) mass is 436 g/mol. The van der Waals surface area contributed by atoms with Crippen LogP contribution in [0.2, 0.25) is 0 Å². The minimum Gasteiger partial charge on any atom is -0.487 e. The number of nitrogens with two attached hydrogens (primary N) is 1. The van der Waals surface area contributed by atoms with Crippen molar-refractivity contribution in [2.45, 2.75) is 62.4 Å². The number of nitrogens with zero attached hydrogens (tertiary/aromatic N) is 3. The van der Waals surface area contributed by atoms with Gasteiger partial charge in [-0.1, -0.05) is 12.1 Å². The van der Waals surface area contributed by atoms with E-state index in [0.717, 1.165) is 60.2 Å². The van der Waals surface area contributed by atoms with Crippen molar-refractivity contribution in [2.75, 3.05) is 18.9 Å². The first kappa shape index (κ1) is 20.0. The van der Waals surface area contributed by atoms with Crippen LogP contribution in [0.3, 0.4) is 0 Å². The Morgan fingerprint density at radius 1 is 1.19 bits per heavy atom. The Balaban J connectivity index is 1.38. The largest absolute Gasteiger partial charge is 0.487 e. The summed E-state index contributed by atoms with van der Waals surface area (Å²) in [6.07, 6.45) is 8.87. The van der Waals surface area contributed by atoms with Gasteiger partial charge in [-0.25, -0.2) is 9.97 Å². The number of aliphatic hydroxyl groups excluding tert-OH is 1. The molecule has 4 heterocycles. The number of fused-ring (bicyclic) bond motifs is 2. The number of hydrogen-bond donors (Lipinski definition) is 3. The fraction of sp³-hybridized carbons (Fsp3) is 0.500. The summed E-state index contributed by atoms with van der Waals surface area (Å²) >= 11 is 0. The van der Waals surface area contributed by atoms with Gasteiger partial charge in [0.2, 0.25) is 0 Å². The van der Waals surface area contributed by atoms with Crippen LogP contribution in [-0.4, -0.2) is 55.8 Å². The average Bonchev–Trinajstić information content (AvgIpc) is 3.45. The third-order valence-electron chi connectivity index (χ3n) is 7.29. The summed E-state index contributed by atoms with van der Waals surface area (Å²) in [5, 5.41) is 20.5. The van der Waals surface area contributed by atoms with Crippen molar-refractivity contribution >= 4 is 16.9 Å². The van der Waals surface area contributed by atoms with Gasteiger partial charge < -0.3 is 30.0 Å². The molecule has 3 aliphatic rings. The third kappa shape index (κ3) is 3.17. The molecule has 4 N–H and O–H groups in total. The second-order valence-corrected chi connectivity index (χ2v) is 9.42. The first-order valence-electron chi connectivity index (χ1n) is 11.4. The average molecular weight is 437 g/mol. The molecular formula is C24H28N4O4. The molecule has 3 aromatic rings. The number of ether oxygens (including phenoxy) is 2. The smallest absolute Gasteiger partial charge is 0.146 e. The molecule has 6 rings (SSSR count). The van der Waals surface area contributed by atoms with Gasteiger partial charge in [0, 0.05) is 24.4 Å². The number of benzene rings is 1. The van der Waals surface area contributed by atoms with Crippen molar-refractivity contribution in [3.8, 4) is 16.9 Å². The molecule has 1 saturated heterocycles. The van der Waals surface area contributed by atoms with Gasteiger partial charge in [0.1, 0.15) is 29.6 Å². The second kappa shape index (κ2) is 7.43. The molecule has 8 nitrogen and oxygen atoms in total. The van der Waals surface area contributed by atoms with Crippen LogP contribution < -0.4 is 10.5 Å². The highest BCUT2D eigenvalue weighted by atomic mass is 16.5. The van der Waals surface area contributed by atoms with Crippen LogP contribution in [0.25, 0.3) is 22.2 Å². The SMILES string of the molecule is Nc1ncnc2c1c(-c1ccc3c(c1)OC(C1CCCO1)CC3)cn2C1CC(O)(CO)C1. The van der Waals surface area contributed by atoms with Gasteiger partial charge in [0.25, 0.3) is 0 Å². The van der Waals surface area contributed by atoms with E-state index in [0.29, 0.717) is 18.7 Å². The summed E-state index contributed by atoms with van der Waals surface area (Å²) in [7, 11) is 0. The number of nitrogen functional groups attached to an aromatic ring is 1. The van der Waals surface area contributed by atoms with Crippen molar-refractivity contribution < 1.29 is 19.7 Å². The lowest BCUT2D eigenvalue weighted by Gasteiger charge is -2.43. The third-order valence-corrected chi connectivity index (χ3v) is 7.29. The van der Waals surface area contributed by atoms with Gasteiger partial charge >= 0.3 is 0 Å². The van der Waals surface area contributed by atoms with Crippen LogP contribution in [0.5, 0.6) is 5.75 Å². The number of aliphatic hydroxyl groups is 2. The quantitative estimate of drug-likeness (QED) is 0.576. The van der Waals surface area contributed by atoms with Crippen molar-refractivity contribution in [1.29, 1.82) is 0 Å². The molecule has 0 amide bonds. The molecule has 2 aromatic heterocycles. The Bertz CT molecular complexity index is 1160. The molecule has 0 bridgehead atoms. The lowest BCUT2D eigenvalue weighted by atomic mass is 9.76. The van der Waals surface area contributed by atoms with Crippen molar-refractivity contribution in [3.63, 3.8) is 0 Å². The van der Waals surface area contributed by atoms with E-state index in [2.05, 4.69) is 32.7 Å². The normalized spacial score (nSPS) is 29.5. The fourth-order valence-corrected chi connectivity index (χ4v) is 5.46. The standard InChI is InChI=1S/C24H28N4O4/c25-22-21-17(11-28(23(21)27-13-26-22)16-9-24(30,10-16)12-29)15-4-3-14-5-6-19(32-20(14)8-15)18-2-1-7-31-18/h3-4,8,11,13,16,18-19,29-30H,1-2,5-7,9-10,12H2,(H2,25,26,27). The lowest BCUT2D eigenvalue weighted by Crippen LogP contribution is -2.47. The molecule has 2 fully saturated rings. The van der Waals surface area contributed by atoms with Crippen LogP contribution in [0.1, 0.15) is 43.7 Å². The molecule has 8 heteroatoms. The van der Waals surface area contributed by atoms with Gasteiger partial charge in [0.15, 0.2) is 0 Å². The number of aryl methyl sites for hydroxylation is 1. The highest BCUT2D eigenvalue weighted by Crippen LogP contribution is 2.45. The van der Waals surface area contributed by atoms with E-state index in [-0.39, 0.29) is 24.9 Å². The molecule has 32 heavy (non-hydrogen) atoms. The molecule has 2 atom stereocenters. The van der Waals surface area contributed by atoms with E-state index in [1.54, 1.807) is 0 Å². The van der Waals surface area contributed by atoms with Crippen LogP contribution in [0.15, 0.2) is 30.7 Å². The Kier molecular flexibility index (Phi) is 4.64. The van der Waals surface area contributed by atoms with Crippen molar-refractivity contribution in [1.82, 2.24) is 14.5 Å². The maximum absolute atomic E-state index is 10.3. The molecule has 168 valence electrons. The van der Waals surface area contributed by atoms with E-state index in [4.69, 9.17) is 15.2 Å². The minimum absolute atomic E-state index is 0.0514. The Hall–Kier alpha value is -2.68. The van der Waals surface area contributed by atoms with Gasteiger partial charge in [-0.3, -0.25) is 0 Å². The van der Waals surface area contributed by atoms with E-state index >= 15 is 0 Å². The molecule has 1 aromatic carbocycles. The topological polar surface area (TPSA) is 116 Å². The Morgan fingerprint density at radius 2 is 2.06 bits per heavy atom. The summed E-state index contributed by atoms with van der Waals surface area (Å²) in [5.41, 5.74) is 9.17.